The molecule has 0 aromatic heterocycles. The van der Waals surface area contributed by atoms with E-state index in [1.165, 1.54) is 0 Å². The second-order valence-corrected chi connectivity index (χ2v) is 40.5. The number of hydrogen-bond acceptors (Lipinski definition) is 4. The number of benzene rings is 2. The molecule has 33 heavy (non-hydrogen) atoms. The van der Waals surface area contributed by atoms with E-state index in [1.807, 2.05) is 60.7 Å². The Labute approximate surface area is 208 Å². The van der Waals surface area contributed by atoms with Gasteiger partial charge in [0.05, 0.1) is 0 Å². The summed E-state index contributed by atoms with van der Waals surface area (Å²) in [6.07, 6.45) is 0. The van der Waals surface area contributed by atoms with Crippen molar-refractivity contribution in [2.45, 2.75) is 62.0 Å². The minimum absolute atomic E-state index is 0.565. The molecule has 4 nitrogen and oxygen atoms in total. The van der Waals surface area contributed by atoms with Crippen molar-refractivity contribution >= 4 is 60.7 Å². The summed E-state index contributed by atoms with van der Waals surface area (Å²) in [6.45, 7) is 17.5. The first-order valence-electron chi connectivity index (χ1n) is 11.9. The van der Waals surface area contributed by atoms with Crippen molar-refractivity contribution in [3.05, 3.63) is 60.7 Å². The topological polar surface area (TPSA) is 52.6 Å². The molecule has 2 rings (SSSR count). The monoisotopic (exact) mass is 632 g/mol. The first-order chi connectivity index (χ1) is 15.2. The zero-order valence-electron chi connectivity index (χ0n) is 21.6. The average Bonchev–Trinajstić information content (AvgIpc) is 2.72. The van der Waals surface area contributed by atoms with Gasteiger partial charge in [0, 0.05) is 0 Å². The van der Waals surface area contributed by atoms with E-state index in [0.717, 1.165) is 10.6 Å². The molecular weight excluding hydrogens is 589 g/mol. The second kappa shape index (κ2) is 11.4. The van der Waals surface area contributed by atoms with Crippen LogP contribution in [0.25, 0.3) is 0 Å². The van der Waals surface area contributed by atoms with Crippen molar-refractivity contribution < 1.29 is 14.9 Å². The molecule has 0 saturated carbocycles. The summed E-state index contributed by atoms with van der Waals surface area (Å²) in [6, 6.07) is 19.2. The summed E-state index contributed by atoms with van der Waals surface area (Å²) in [4.78, 5) is 0. The van der Waals surface area contributed by atoms with Gasteiger partial charge in [-0.15, -0.1) is 0 Å². The van der Waals surface area contributed by atoms with Gasteiger partial charge in [-0.1, -0.05) is 0 Å². The maximum atomic E-state index is 14.6. The Morgan fingerprint density at radius 2 is 0.939 bits per heavy atom. The van der Waals surface area contributed by atoms with E-state index in [1.54, 1.807) is 0 Å². The van der Waals surface area contributed by atoms with Crippen LogP contribution in [-0.4, -0.2) is 46.9 Å². The van der Waals surface area contributed by atoms with E-state index >= 15 is 0 Å². The summed E-state index contributed by atoms with van der Waals surface area (Å²) in [5, 5.41) is 1.53. The van der Waals surface area contributed by atoms with Gasteiger partial charge in [0.15, 0.2) is 0 Å². The van der Waals surface area contributed by atoms with E-state index in [4.69, 9.17) is 5.72 Å². The van der Waals surface area contributed by atoms with Crippen molar-refractivity contribution in [1.29, 1.82) is 0 Å². The molecule has 0 radical (unpaired) electrons. The molecule has 0 aliphatic heterocycles. The summed E-state index contributed by atoms with van der Waals surface area (Å²) in [5.41, 5.74) is 0. The minimum atomic E-state index is -4.02. The molecule has 0 spiro atoms. The van der Waals surface area contributed by atoms with Gasteiger partial charge in [0.25, 0.3) is 0 Å². The standard InChI is InChI=1S/2C10H17O2PSi.2C2H5.Sn/c2*1-14(2,3)9-13(11,12)10-7-5-4-6-8-10;2*1-2;/h2*4-8H,9H2,1-3H3,(H,11,12);2*1H2,2H3;/q;;;;+2/p-2. The average molecular weight is 631 g/mol. The summed E-state index contributed by atoms with van der Waals surface area (Å²) in [7, 11) is -9.78. The zero-order valence-corrected chi connectivity index (χ0v) is 28.3. The molecule has 0 saturated heterocycles. The molecule has 0 fully saturated rings. The molecule has 0 N–H and O–H groups in total. The molecule has 2 atom stereocenters. The molecule has 184 valence electrons. The molecule has 0 aliphatic rings. The van der Waals surface area contributed by atoms with Gasteiger partial charge in [-0.3, -0.25) is 0 Å². The van der Waals surface area contributed by atoms with Crippen LogP contribution in [0.5, 0.6) is 0 Å². The number of rotatable bonds is 12. The van der Waals surface area contributed by atoms with Crippen LogP contribution in [0.3, 0.4) is 0 Å². The number of hydrogen-bond donors (Lipinski definition) is 0. The Kier molecular flexibility index (Phi) is 10.1. The van der Waals surface area contributed by atoms with Crippen LogP contribution in [0.1, 0.15) is 13.8 Å². The predicted molar refractivity (Wildman–Crippen MR) is 153 cm³/mol. The quantitative estimate of drug-likeness (QED) is 0.180. The van der Waals surface area contributed by atoms with Gasteiger partial charge in [0.2, 0.25) is 0 Å². The molecule has 2 aromatic carbocycles. The van der Waals surface area contributed by atoms with E-state index in [-0.39, 0.29) is 0 Å². The van der Waals surface area contributed by atoms with Gasteiger partial charge in [-0.05, 0) is 0 Å². The van der Waals surface area contributed by atoms with Crippen molar-refractivity contribution in [2.24, 2.45) is 0 Å². The van der Waals surface area contributed by atoms with E-state index in [0.29, 0.717) is 20.4 Å². The van der Waals surface area contributed by atoms with Crippen LogP contribution in [0, 0.1) is 0 Å². The van der Waals surface area contributed by atoms with Crippen LogP contribution in [-0.2, 0) is 14.9 Å². The second-order valence-electron chi connectivity index (χ2n) is 11.3. The maximum absolute atomic E-state index is 14.6. The fraction of sp³-hybridized carbons (Fsp3) is 0.500. The summed E-state index contributed by atoms with van der Waals surface area (Å²) >= 11 is -4.02. The third-order valence-electron chi connectivity index (χ3n) is 5.37. The van der Waals surface area contributed by atoms with Crippen molar-refractivity contribution in [3.63, 3.8) is 0 Å². The molecule has 0 unspecified atom stereocenters. The van der Waals surface area contributed by atoms with E-state index in [9.17, 15) is 9.13 Å². The third-order valence-corrected chi connectivity index (χ3v) is 36.6. The molecule has 0 heterocycles. The van der Waals surface area contributed by atoms with Crippen LogP contribution >= 0.6 is 14.7 Å². The Morgan fingerprint density at radius 1 is 0.636 bits per heavy atom. The van der Waals surface area contributed by atoms with E-state index < -0.39 is 50.1 Å². The van der Waals surface area contributed by atoms with Crippen molar-refractivity contribution in [2.75, 3.05) is 11.6 Å². The van der Waals surface area contributed by atoms with Gasteiger partial charge >= 0.3 is 210 Å². The molecule has 0 amide bonds. The van der Waals surface area contributed by atoms with E-state index in [2.05, 4.69) is 53.1 Å². The third kappa shape index (κ3) is 8.59. The SMILES string of the molecule is C[CH2][Sn]([CH2]C)([O][P@@](=O)(C[Si](C)(C)C)c1ccccc1)[O][P@@](=O)(C[Si](C)(C)C)c1ccccc1. The van der Waals surface area contributed by atoms with Gasteiger partial charge < -0.3 is 0 Å². The van der Waals surface area contributed by atoms with Crippen molar-refractivity contribution in [1.82, 2.24) is 0 Å². The molecule has 9 heteroatoms. The predicted octanol–water partition coefficient (Wildman–Crippen LogP) is 7.46. The molecule has 0 aliphatic carbocycles. The Bertz CT molecular complexity index is 908. The first-order valence-corrected chi connectivity index (χ1v) is 29.3. The van der Waals surface area contributed by atoms with Gasteiger partial charge in [-0.2, -0.15) is 0 Å². The first kappa shape index (κ1) is 29.3. The fourth-order valence-corrected chi connectivity index (χ4v) is 40.2. The normalized spacial score (nSPS) is 16.7. The molecular formula is C24H42O4P2Si2Sn. The van der Waals surface area contributed by atoms with Crippen molar-refractivity contribution in [3.8, 4) is 0 Å². The van der Waals surface area contributed by atoms with Crippen LogP contribution < -0.4 is 10.6 Å². The van der Waals surface area contributed by atoms with Crippen LogP contribution in [0.2, 0.25) is 48.2 Å². The molecule has 0 bridgehead atoms. The van der Waals surface area contributed by atoms with Crippen LogP contribution in [0.15, 0.2) is 60.7 Å². The zero-order chi connectivity index (χ0) is 25.0. The Morgan fingerprint density at radius 3 is 1.18 bits per heavy atom. The summed E-state index contributed by atoms with van der Waals surface area (Å²) in [5.74, 6) is 1.13. The Hall–Kier alpha value is 0.0525. The molecule has 2 aromatic rings. The Balaban J connectivity index is 2.58. The van der Waals surface area contributed by atoms with Crippen LogP contribution in [0.4, 0.5) is 0 Å². The fourth-order valence-electron chi connectivity index (χ4n) is 3.97. The van der Waals surface area contributed by atoms with Gasteiger partial charge in [0.1, 0.15) is 0 Å². The summed E-state index contributed by atoms with van der Waals surface area (Å²) < 4.78 is 44.2. The van der Waals surface area contributed by atoms with Gasteiger partial charge in [-0.25, -0.2) is 0 Å².